The second-order valence-electron chi connectivity index (χ2n) is 3.36. The smallest absolute Gasteiger partial charge is 0.143 e. The lowest BCUT2D eigenvalue weighted by Crippen LogP contribution is -1.98. The van der Waals surface area contributed by atoms with Gasteiger partial charge in [-0.1, -0.05) is 5.11 Å². The number of rotatable bonds is 4. The molecule has 2 aromatic rings. The van der Waals surface area contributed by atoms with Crippen LogP contribution < -0.4 is 4.74 Å². The molecule has 1 aromatic heterocycles. The maximum Gasteiger partial charge on any atom is 0.143 e. The van der Waals surface area contributed by atoms with E-state index in [1.807, 2.05) is 42.1 Å². The Morgan fingerprint density at radius 2 is 2.12 bits per heavy atom. The average Bonchev–Trinajstić information content (AvgIpc) is 2.85. The van der Waals surface area contributed by atoms with Crippen LogP contribution >= 0.6 is 0 Å². The molecule has 0 radical (unpaired) electrons. The SMILES string of the molecule is CCOc1ccc(N=[N+]=[N-])cc1-n1cccc1. The van der Waals surface area contributed by atoms with Crippen molar-refractivity contribution in [2.45, 2.75) is 6.92 Å². The zero-order valence-corrected chi connectivity index (χ0v) is 9.45. The number of ether oxygens (including phenoxy) is 1. The molecule has 0 aliphatic carbocycles. The molecule has 0 amide bonds. The summed E-state index contributed by atoms with van der Waals surface area (Å²) < 4.78 is 7.46. The molecule has 0 bridgehead atoms. The second-order valence-corrected chi connectivity index (χ2v) is 3.36. The molecule has 0 N–H and O–H groups in total. The molecule has 0 aliphatic heterocycles. The highest BCUT2D eigenvalue weighted by atomic mass is 16.5. The topological polar surface area (TPSA) is 62.9 Å². The molecule has 0 atom stereocenters. The molecule has 0 aliphatic rings. The third-order valence-electron chi connectivity index (χ3n) is 2.29. The number of hydrogen-bond acceptors (Lipinski definition) is 2. The molecule has 86 valence electrons. The van der Waals surface area contributed by atoms with E-state index in [9.17, 15) is 0 Å². The Labute approximate surface area is 98.9 Å². The van der Waals surface area contributed by atoms with Crippen molar-refractivity contribution in [2.24, 2.45) is 5.11 Å². The number of azide groups is 1. The second kappa shape index (κ2) is 5.09. The van der Waals surface area contributed by atoms with Gasteiger partial charge in [0.15, 0.2) is 0 Å². The molecule has 0 unspecified atom stereocenters. The van der Waals surface area contributed by atoms with Crippen molar-refractivity contribution in [3.8, 4) is 11.4 Å². The molecule has 0 saturated carbocycles. The summed E-state index contributed by atoms with van der Waals surface area (Å²) in [6, 6.07) is 9.19. The molecule has 2 rings (SSSR count). The molecule has 1 heterocycles. The highest BCUT2D eigenvalue weighted by Crippen LogP contribution is 2.28. The number of nitrogens with zero attached hydrogens (tertiary/aromatic N) is 4. The lowest BCUT2D eigenvalue weighted by Gasteiger charge is -2.11. The van der Waals surface area contributed by atoms with Crippen molar-refractivity contribution in [3.63, 3.8) is 0 Å². The normalized spacial score (nSPS) is 9.71. The Morgan fingerprint density at radius 1 is 1.35 bits per heavy atom. The standard InChI is InChI=1S/C12H12N4O/c1-2-17-12-6-5-10(14-15-13)9-11(12)16-7-3-4-8-16/h3-9H,2H2,1H3. The molecule has 0 saturated heterocycles. The Hall–Kier alpha value is -2.39. The van der Waals surface area contributed by atoms with Gasteiger partial charge in [0.05, 0.1) is 12.3 Å². The van der Waals surface area contributed by atoms with E-state index >= 15 is 0 Å². The quantitative estimate of drug-likeness (QED) is 0.445. The highest BCUT2D eigenvalue weighted by molar-refractivity contribution is 5.56. The Bertz CT molecular complexity index is 542. The van der Waals surface area contributed by atoms with E-state index in [1.165, 1.54) is 0 Å². The summed E-state index contributed by atoms with van der Waals surface area (Å²) in [6.07, 6.45) is 3.83. The van der Waals surface area contributed by atoms with E-state index in [1.54, 1.807) is 12.1 Å². The average molecular weight is 228 g/mol. The number of benzene rings is 1. The molecule has 5 heteroatoms. The largest absolute Gasteiger partial charge is 0.492 e. The minimum Gasteiger partial charge on any atom is -0.492 e. The van der Waals surface area contributed by atoms with Gasteiger partial charge in [0.25, 0.3) is 0 Å². The van der Waals surface area contributed by atoms with Crippen molar-refractivity contribution < 1.29 is 4.74 Å². The predicted molar refractivity (Wildman–Crippen MR) is 65.7 cm³/mol. The third-order valence-corrected chi connectivity index (χ3v) is 2.29. The third kappa shape index (κ3) is 2.41. The van der Waals surface area contributed by atoms with Crippen molar-refractivity contribution in [1.29, 1.82) is 0 Å². The van der Waals surface area contributed by atoms with Gasteiger partial charge in [-0.2, -0.15) is 0 Å². The van der Waals surface area contributed by atoms with Crippen LogP contribution in [0.4, 0.5) is 5.69 Å². The highest BCUT2D eigenvalue weighted by Gasteiger charge is 2.05. The monoisotopic (exact) mass is 228 g/mol. The first-order valence-electron chi connectivity index (χ1n) is 5.30. The molecule has 0 spiro atoms. The van der Waals surface area contributed by atoms with Crippen LogP contribution in [0.5, 0.6) is 5.75 Å². The van der Waals surface area contributed by atoms with Crippen molar-refractivity contribution >= 4 is 5.69 Å². The number of hydrogen-bond donors (Lipinski definition) is 0. The van der Waals surface area contributed by atoms with Crippen LogP contribution in [0.3, 0.4) is 0 Å². The zero-order chi connectivity index (χ0) is 12.1. The van der Waals surface area contributed by atoms with E-state index in [2.05, 4.69) is 10.0 Å². The van der Waals surface area contributed by atoms with Crippen molar-refractivity contribution in [3.05, 3.63) is 53.2 Å². The molecule has 0 fully saturated rings. The minimum absolute atomic E-state index is 0.569. The molecular weight excluding hydrogens is 216 g/mol. The van der Waals surface area contributed by atoms with E-state index in [-0.39, 0.29) is 0 Å². The molecule has 17 heavy (non-hydrogen) atoms. The van der Waals surface area contributed by atoms with Crippen LogP contribution in [0.1, 0.15) is 6.92 Å². The maximum absolute atomic E-state index is 8.43. The first-order chi connectivity index (χ1) is 8.35. The van der Waals surface area contributed by atoms with Crippen LogP contribution in [-0.4, -0.2) is 11.2 Å². The van der Waals surface area contributed by atoms with Gasteiger partial charge < -0.3 is 9.30 Å². The lowest BCUT2D eigenvalue weighted by molar-refractivity contribution is 0.339. The fraction of sp³-hybridized carbons (Fsp3) is 0.167. The summed E-state index contributed by atoms with van der Waals surface area (Å²) in [7, 11) is 0. The van der Waals surface area contributed by atoms with E-state index in [4.69, 9.17) is 10.3 Å². The van der Waals surface area contributed by atoms with Gasteiger partial charge in [-0.3, -0.25) is 0 Å². The van der Waals surface area contributed by atoms with Crippen LogP contribution in [0.25, 0.3) is 16.1 Å². The van der Waals surface area contributed by atoms with Gasteiger partial charge >= 0.3 is 0 Å². The molecule has 1 aromatic carbocycles. The fourth-order valence-electron chi connectivity index (χ4n) is 1.59. The first-order valence-corrected chi connectivity index (χ1v) is 5.30. The van der Waals surface area contributed by atoms with Crippen molar-refractivity contribution in [1.82, 2.24) is 4.57 Å². The molecule has 5 nitrogen and oxygen atoms in total. The number of aromatic nitrogens is 1. The van der Waals surface area contributed by atoms with Gasteiger partial charge in [-0.05, 0) is 42.8 Å². The maximum atomic E-state index is 8.43. The lowest BCUT2D eigenvalue weighted by atomic mass is 10.2. The van der Waals surface area contributed by atoms with Crippen LogP contribution in [0.15, 0.2) is 47.8 Å². The summed E-state index contributed by atoms with van der Waals surface area (Å²) in [6.45, 7) is 2.52. The minimum atomic E-state index is 0.569. The van der Waals surface area contributed by atoms with Gasteiger partial charge in [0, 0.05) is 23.0 Å². The van der Waals surface area contributed by atoms with Gasteiger partial charge in [0.2, 0.25) is 0 Å². The van der Waals surface area contributed by atoms with E-state index in [0.717, 1.165) is 11.4 Å². The first kappa shape index (κ1) is 11.1. The molecular formula is C12H12N4O. The Balaban J connectivity index is 2.51. The van der Waals surface area contributed by atoms with Gasteiger partial charge in [-0.25, -0.2) is 0 Å². The summed E-state index contributed by atoms with van der Waals surface area (Å²) >= 11 is 0. The van der Waals surface area contributed by atoms with Gasteiger partial charge in [0.1, 0.15) is 5.75 Å². The van der Waals surface area contributed by atoms with Gasteiger partial charge in [-0.15, -0.1) is 0 Å². The van der Waals surface area contributed by atoms with E-state index < -0.39 is 0 Å². The Kier molecular flexibility index (Phi) is 3.33. The summed E-state index contributed by atoms with van der Waals surface area (Å²) in [5.41, 5.74) is 9.87. The predicted octanol–water partition coefficient (Wildman–Crippen LogP) is 3.82. The van der Waals surface area contributed by atoms with Crippen LogP contribution in [0, 0.1) is 0 Å². The summed E-state index contributed by atoms with van der Waals surface area (Å²) in [4.78, 5) is 2.78. The van der Waals surface area contributed by atoms with Crippen LogP contribution in [-0.2, 0) is 0 Å². The zero-order valence-electron chi connectivity index (χ0n) is 9.45. The summed E-state index contributed by atoms with van der Waals surface area (Å²) in [5.74, 6) is 0.764. The fourth-order valence-corrected chi connectivity index (χ4v) is 1.59. The van der Waals surface area contributed by atoms with Crippen molar-refractivity contribution in [2.75, 3.05) is 6.61 Å². The summed E-state index contributed by atoms with van der Waals surface area (Å²) in [5, 5.41) is 3.59. The van der Waals surface area contributed by atoms with E-state index in [0.29, 0.717) is 12.3 Å². The Morgan fingerprint density at radius 3 is 2.76 bits per heavy atom. The van der Waals surface area contributed by atoms with Crippen LogP contribution in [0.2, 0.25) is 0 Å².